The maximum Gasteiger partial charge on any atom is 0.137 e. The molecule has 1 fully saturated rings. The van der Waals surface area contributed by atoms with E-state index >= 15 is 0 Å². The highest BCUT2D eigenvalue weighted by Gasteiger charge is 2.24. The second kappa shape index (κ2) is 5.92. The number of hydrogen-bond donors (Lipinski definition) is 2. The molecular weight excluding hydrogens is 258 g/mol. The van der Waals surface area contributed by atoms with E-state index < -0.39 is 9.92 Å². The van der Waals surface area contributed by atoms with Crippen molar-refractivity contribution in [3.63, 3.8) is 0 Å². The van der Waals surface area contributed by atoms with Gasteiger partial charge in [0.25, 0.3) is 0 Å². The van der Waals surface area contributed by atoms with Gasteiger partial charge >= 0.3 is 0 Å². The third-order valence-corrected chi connectivity index (χ3v) is 5.77. The molecule has 19 heavy (non-hydrogen) atoms. The lowest BCUT2D eigenvalue weighted by Gasteiger charge is -2.28. The molecule has 1 aromatic rings. The first-order valence-corrected chi connectivity index (χ1v) is 8.44. The van der Waals surface area contributed by atoms with Gasteiger partial charge in [-0.2, -0.15) is 0 Å². The molecule has 0 aliphatic heterocycles. The molecule has 1 aliphatic rings. The van der Waals surface area contributed by atoms with Crippen LogP contribution in [-0.2, 0) is 9.92 Å². The topological polar surface area (TPSA) is 67.5 Å². The van der Waals surface area contributed by atoms with Crippen molar-refractivity contribution in [3.05, 3.63) is 24.3 Å². The van der Waals surface area contributed by atoms with Gasteiger partial charge in [0, 0.05) is 11.7 Å². The average molecular weight is 281 g/mol. The van der Waals surface area contributed by atoms with Crippen LogP contribution in [-0.4, -0.2) is 16.3 Å². The quantitative estimate of drug-likeness (QED) is 0.815. The van der Waals surface area contributed by atoms with E-state index in [0.29, 0.717) is 11.7 Å². The fourth-order valence-electron chi connectivity index (χ4n) is 1.89. The van der Waals surface area contributed by atoms with Crippen molar-refractivity contribution < 1.29 is 4.21 Å². The standard InChI is InChI=1S/C14H23N3OS/c1-3-11(2)16-19(18,17-13-5-4-6-13)14-9-7-12(15)8-10-14/h7-11,13H,3-6,15H2,1-2H3,(H,16,17,18). The van der Waals surface area contributed by atoms with Gasteiger partial charge in [-0.05, 0) is 50.5 Å². The minimum absolute atomic E-state index is 0.0811. The molecule has 0 saturated heterocycles. The summed E-state index contributed by atoms with van der Waals surface area (Å²) in [6.07, 6.45) is 4.26. The van der Waals surface area contributed by atoms with Gasteiger partial charge in [0.2, 0.25) is 0 Å². The zero-order chi connectivity index (χ0) is 13.9. The van der Waals surface area contributed by atoms with Crippen LogP contribution in [0.15, 0.2) is 33.5 Å². The lowest BCUT2D eigenvalue weighted by Crippen LogP contribution is -2.39. The first-order valence-electron chi connectivity index (χ1n) is 6.92. The summed E-state index contributed by atoms with van der Waals surface area (Å²) < 4.78 is 20.9. The Hall–Kier alpha value is -1.07. The summed E-state index contributed by atoms with van der Waals surface area (Å²) in [7, 11) is -2.54. The Morgan fingerprint density at radius 1 is 1.42 bits per heavy atom. The molecule has 0 heterocycles. The highest BCUT2D eigenvalue weighted by Crippen LogP contribution is 2.23. The van der Waals surface area contributed by atoms with Crippen LogP contribution in [0.1, 0.15) is 39.5 Å². The van der Waals surface area contributed by atoms with Crippen LogP contribution in [0.3, 0.4) is 0 Å². The Labute approximate surface area is 116 Å². The van der Waals surface area contributed by atoms with Crippen LogP contribution in [0.25, 0.3) is 0 Å². The number of rotatable bonds is 5. The number of nitrogens with zero attached hydrogens (tertiary/aromatic N) is 1. The lowest BCUT2D eigenvalue weighted by molar-refractivity contribution is 0.389. The van der Waals surface area contributed by atoms with Gasteiger partial charge in [-0.15, -0.1) is 0 Å². The molecule has 2 atom stereocenters. The van der Waals surface area contributed by atoms with E-state index in [1.54, 1.807) is 12.1 Å². The number of benzene rings is 1. The molecular formula is C14H23N3OS. The largest absolute Gasteiger partial charge is 0.399 e. The predicted octanol–water partition coefficient (Wildman–Crippen LogP) is 2.95. The molecule has 0 spiro atoms. The van der Waals surface area contributed by atoms with Crippen LogP contribution in [0.2, 0.25) is 0 Å². The van der Waals surface area contributed by atoms with Crippen molar-refractivity contribution in [2.24, 2.45) is 4.36 Å². The fraction of sp³-hybridized carbons (Fsp3) is 0.571. The van der Waals surface area contributed by atoms with Gasteiger partial charge in [-0.1, -0.05) is 13.3 Å². The fourth-order valence-corrected chi connectivity index (χ4v) is 4.06. The number of nitrogen functional groups attached to an aromatic ring is 1. The summed E-state index contributed by atoms with van der Waals surface area (Å²) >= 11 is 0. The molecule has 1 aromatic carbocycles. The molecule has 2 rings (SSSR count). The van der Waals surface area contributed by atoms with E-state index in [-0.39, 0.29) is 6.04 Å². The maximum absolute atomic E-state index is 13.2. The third-order valence-electron chi connectivity index (χ3n) is 3.55. The smallest absolute Gasteiger partial charge is 0.137 e. The maximum atomic E-state index is 13.2. The molecule has 0 bridgehead atoms. The number of nitrogens with two attached hydrogens (primary N) is 1. The van der Waals surface area contributed by atoms with Crippen molar-refractivity contribution in [1.82, 2.24) is 4.72 Å². The summed E-state index contributed by atoms with van der Waals surface area (Å²) in [5.74, 6) is 0. The molecule has 4 nitrogen and oxygen atoms in total. The second-order valence-electron chi connectivity index (χ2n) is 5.20. The summed E-state index contributed by atoms with van der Waals surface area (Å²) in [4.78, 5) is 0.730. The molecule has 0 radical (unpaired) electrons. The molecule has 1 aliphatic carbocycles. The summed E-state index contributed by atoms with van der Waals surface area (Å²) in [5.41, 5.74) is 6.37. The Morgan fingerprint density at radius 2 is 2.05 bits per heavy atom. The Balaban J connectivity index is 2.34. The lowest BCUT2D eigenvalue weighted by atomic mass is 9.94. The van der Waals surface area contributed by atoms with Gasteiger partial charge in [0.1, 0.15) is 9.92 Å². The second-order valence-corrected chi connectivity index (χ2v) is 7.17. The number of nitrogens with one attached hydrogen (secondary N) is 1. The Morgan fingerprint density at radius 3 is 2.53 bits per heavy atom. The molecule has 1 saturated carbocycles. The summed E-state index contributed by atoms with van der Waals surface area (Å²) in [5, 5.41) is 0. The SMILES string of the molecule is CCC(C)N=S(=O)(NC1CCC1)c1ccc(N)cc1. The zero-order valence-corrected chi connectivity index (χ0v) is 12.5. The van der Waals surface area contributed by atoms with E-state index in [0.717, 1.165) is 24.2 Å². The van der Waals surface area contributed by atoms with Gasteiger partial charge in [0.05, 0.1) is 10.9 Å². The molecule has 5 heteroatoms. The van der Waals surface area contributed by atoms with E-state index in [2.05, 4.69) is 16.0 Å². The van der Waals surface area contributed by atoms with E-state index in [1.807, 2.05) is 19.1 Å². The van der Waals surface area contributed by atoms with Crippen LogP contribution < -0.4 is 10.5 Å². The van der Waals surface area contributed by atoms with E-state index in [4.69, 9.17) is 5.73 Å². The highest BCUT2D eigenvalue weighted by atomic mass is 32.2. The average Bonchev–Trinajstić information content (AvgIpc) is 2.34. The number of anilines is 1. The van der Waals surface area contributed by atoms with Crippen LogP contribution >= 0.6 is 0 Å². The van der Waals surface area contributed by atoms with Crippen molar-refractivity contribution in [2.75, 3.05) is 5.73 Å². The molecule has 0 aromatic heterocycles. The van der Waals surface area contributed by atoms with E-state index in [9.17, 15) is 4.21 Å². The highest BCUT2D eigenvalue weighted by molar-refractivity contribution is 7.91. The Bertz CT molecular complexity index is 528. The van der Waals surface area contributed by atoms with Crippen molar-refractivity contribution in [2.45, 2.75) is 56.5 Å². The van der Waals surface area contributed by atoms with Crippen molar-refractivity contribution in [1.29, 1.82) is 0 Å². The molecule has 106 valence electrons. The minimum atomic E-state index is -2.54. The van der Waals surface area contributed by atoms with Gasteiger partial charge in [-0.3, -0.25) is 0 Å². The molecule has 2 unspecified atom stereocenters. The van der Waals surface area contributed by atoms with E-state index in [1.165, 1.54) is 6.42 Å². The normalized spacial score (nSPS) is 20.3. The summed E-state index contributed by atoms with van der Waals surface area (Å²) in [6.45, 7) is 4.06. The third kappa shape index (κ3) is 3.48. The first-order chi connectivity index (χ1) is 9.03. The molecule has 0 amide bonds. The monoisotopic (exact) mass is 281 g/mol. The number of hydrogen-bond acceptors (Lipinski definition) is 3. The van der Waals surface area contributed by atoms with Gasteiger partial charge in [0.15, 0.2) is 0 Å². The zero-order valence-electron chi connectivity index (χ0n) is 11.6. The van der Waals surface area contributed by atoms with Crippen LogP contribution in [0.5, 0.6) is 0 Å². The Kier molecular flexibility index (Phi) is 4.47. The minimum Gasteiger partial charge on any atom is -0.399 e. The van der Waals surface area contributed by atoms with Crippen molar-refractivity contribution in [3.8, 4) is 0 Å². The summed E-state index contributed by atoms with van der Waals surface area (Å²) in [6, 6.07) is 7.60. The van der Waals surface area contributed by atoms with Gasteiger partial charge < -0.3 is 5.73 Å². The van der Waals surface area contributed by atoms with Gasteiger partial charge in [-0.25, -0.2) is 13.3 Å². The van der Waals surface area contributed by atoms with Crippen molar-refractivity contribution >= 4 is 15.6 Å². The first kappa shape index (κ1) is 14.3. The van der Waals surface area contributed by atoms with Crippen LogP contribution in [0, 0.1) is 0 Å². The predicted molar refractivity (Wildman–Crippen MR) is 80.2 cm³/mol. The molecule has 3 N–H and O–H groups in total. The van der Waals surface area contributed by atoms with Crippen LogP contribution in [0.4, 0.5) is 5.69 Å².